The molecular formula is C16H24Cl2N2O2. The Morgan fingerprint density at radius 2 is 2.14 bits per heavy atom. The van der Waals surface area contributed by atoms with Gasteiger partial charge in [-0.05, 0) is 50.3 Å². The molecule has 1 aromatic rings. The topological polar surface area (TPSA) is 64.4 Å². The van der Waals surface area contributed by atoms with Gasteiger partial charge in [0.05, 0.1) is 17.2 Å². The fraction of sp³-hybridized carbons (Fsp3) is 0.562. The molecule has 0 heterocycles. The molecule has 1 amide bonds. The number of anilines is 1. The van der Waals surface area contributed by atoms with Crippen molar-refractivity contribution in [2.45, 2.75) is 57.6 Å². The Morgan fingerprint density at radius 1 is 1.45 bits per heavy atom. The lowest BCUT2D eigenvalue weighted by atomic mass is 10.1. The predicted molar refractivity (Wildman–Crippen MR) is 93.1 cm³/mol. The second-order valence-corrected chi connectivity index (χ2v) is 5.96. The first-order valence-corrected chi connectivity index (χ1v) is 8.00. The largest absolute Gasteiger partial charge is 0.489 e. The molecule has 1 saturated carbocycles. The van der Waals surface area contributed by atoms with E-state index in [0.29, 0.717) is 22.9 Å². The molecule has 1 aromatic carbocycles. The summed E-state index contributed by atoms with van der Waals surface area (Å²) in [5.41, 5.74) is 6.43. The Hall–Kier alpha value is -0.970. The standard InChI is InChI=1S/C16H23ClN2O2.ClH/c1-2-5-14(18)16(20)19-11-8-9-15(13(17)10-11)21-12-6-3-4-7-12;/h8-10,12,14H,2-7,18H2,1H3,(H,19,20);1H. The number of hydrogen-bond donors (Lipinski definition) is 2. The molecule has 1 atom stereocenters. The molecule has 0 spiro atoms. The van der Waals surface area contributed by atoms with E-state index in [1.54, 1.807) is 12.1 Å². The van der Waals surface area contributed by atoms with Crippen molar-refractivity contribution in [3.05, 3.63) is 23.2 Å². The molecule has 4 nitrogen and oxygen atoms in total. The van der Waals surface area contributed by atoms with Crippen molar-refractivity contribution in [3.8, 4) is 5.75 Å². The highest BCUT2D eigenvalue weighted by atomic mass is 35.5. The van der Waals surface area contributed by atoms with Crippen molar-refractivity contribution in [2.24, 2.45) is 5.73 Å². The van der Waals surface area contributed by atoms with Gasteiger partial charge in [-0.3, -0.25) is 4.79 Å². The molecule has 22 heavy (non-hydrogen) atoms. The van der Waals surface area contributed by atoms with E-state index in [4.69, 9.17) is 22.1 Å². The van der Waals surface area contributed by atoms with Gasteiger partial charge in [0.2, 0.25) is 5.91 Å². The van der Waals surface area contributed by atoms with Crippen LogP contribution in [0.4, 0.5) is 5.69 Å². The van der Waals surface area contributed by atoms with Crippen LogP contribution in [0.25, 0.3) is 0 Å². The lowest BCUT2D eigenvalue weighted by molar-refractivity contribution is -0.117. The summed E-state index contributed by atoms with van der Waals surface area (Å²) in [6.45, 7) is 2.00. The first kappa shape index (κ1) is 19.1. The van der Waals surface area contributed by atoms with Gasteiger partial charge in [-0.1, -0.05) is 24.9 Å². The third-order valence-electron chi connectivity index (χ3n) is 3.73. The van der Waals surface area contributed by atoms with Gasteiger partial charge < -0.3 is 15.8 Å². The first-order chi connectivity index (χ1) is 10.1. The quantitative estimate of drug-likeness (QED) is 0.813. The molecular weight excluding hydrogens is 323 g/mol. The van der Waals surface area contributed by atoms with Crippen molar-refractivity contribution >= 4 is 35.6 Å². The van der Waals surface area contributed by atoms with Gasteiger partial charge in [0, 0.05) is 5.69 Å². The summed E-state index contributed by atoms with van der Waals surface area (Å²) in [4.78, 5) is 11.9. The molecule has 0 radical (unpaired) electrons. The van der Waals surface area contributed by atoms with Crippen LogP contribution in [0.15, 0.2) is 18.2 Å². The lowest BCUT2D eigenvalue weighted by Crippen LogP contribution is -2.35. The highest BCUT2D eigenvalue weighted by Crippen LogP contribution is 2.31. The van der Waals surface area contributed by atoms with Crippen LogP contribution < -0.4 is 15.8 Å². The molecule has 0 aromatic heterocycles. The fourth-order valence-electron chi connectivity index (χ4n) is 2.54. The summed E-state index contributed by atoms with van der Waals surface area (Å²) < 4.78 is 5.88. The number of nitrogens with two attached hydrogens (primary N) is 1. The molecule has 1 aliphatic rings. The Labute approximate surface area is 143 Å². The fourth-order valence-corrected chi connectivity index (χ4v) is 2.76. The minimum absolute atomic E-state index is 0. The minimum Gasteiger partial charge on any atom is -0.489 e. The highest BCUT2D eigenvalue weighted by Gasteiger charge is 2.18. The maximum Gasteiger partial charge on any atom is 0.241 e. The zero-order valence-corrected chi connectivity index (χ0v) is 14.4. The molecule has 1 aliphatic carbocycles. The van der Waals surface area contributed by atoms with Gasteiger partial charge in [0.1, 0.15) is 5.75 Å². The average Bonchev–Trinajstić information content (AvgIpc) is 2.95. The summed E-state index contributed by atoms with van der Waals surface area (Å²) >= 11 is 6.22. The Balaban J connectivity index is 0.00000242. The number of nitrogens with one attached hydrogen (secondary N) is 1. The van der Waals surface area contributed by atoms with E-state index < -0.39 is 6.04 Å². The SMILES string of the molecule is CCCC(N)C(=O)Nc1ccc(OC2CCCC2)c(Cl)c1.Cl. The van der Waals surface area contributed by atoms with Crippen LogP contribution in [0.3, 0.4) is 0 Å². The van der Waals surface area contributed by atoms with Crippen molar-refractivity contribution in [3.63, 3.8) is 0 Å². The van der Waals surface area contributed by atoms with Crippen LogP contribution in [0.1, 0.15) is 45.4 Å². The third-order valence-corrected chi connectivity index (χ3v) is 4.03. The summed E-state index contributed by atoms with van der Waals surface area (Å²) in [5.74, 6) is 0.497. The molecule has 2 rings (SSSR count). The van der Waals surface area contributed by atoms with Crippen LogP contribution in [0, 0.1) is 0 Å². The maximum absolute atomic E-state index is 11.9. The molecule has 1 fully saturated rings. The van der Waals surface area contributed by atoms with Gasteiger partial charge >= 0.3 is 0 Å². The van der Waals surface area contributed by atoms with Crippen LogP contribution >= 0.6 is 24.0 Å². The van der Waals surface area contributed by atoms with Crippen LogP contribution in [-0.2, 0) is 4.79 Å². The zero-order valence-electron chi connectivity index (χ0n) is 12.8. The van der Waals surface area contributed by atoms with Crippen LogP contribution in [-0.4, -0.2) is 18.1 Å². The molecule has 124 valence electrons. The van der Waals surface area contributed by atoms with E-state index in [-0.39, 0.29) is 24.4 Å². The lowest BCUT2D eigenvalue weighted by Gasteiger charge is -2.16. The van der Waals surface area contributed by atoms with Gasteiger partial charge in [0.15, 0.2) is 0 Å². The van der Waals surface area contributed by atoms with Crippen molar-refractivity contribution in [1.82, 2.24) is 0 Å². The third kappa shape index (κ3) is 5.34. The Bertz CT molecular complexity index is 491. The monoisotopic (exact) mass is 346 g/mol. The van der Waals surface area contributed by atoms with Gasteiger partial charge in [-0.25, -0.2) is 0 Å². The Kier molecular flexibility index (Phi) is 8.01. The second kappa shape index (κ2) is 9.23. The van der Waals surface area contributed by atoms with Gasteiger partial charge in [-0.15, -0.1) is 12.4 Å². The van der Waals surface area contributed by atoms with Crippen molar-refractivity contribution in [2.75, 3.05) is 5.32 Å². The van der Waals surface area contributed by atoms with Crippen molar-refractivity contribution < 1.29 is 9.53 Å². The summed E-state index contributed by atoms with van der Waals surface area (Å²) in [6.07, 6.45) is 6.41. The molecule has 1 unspecified atom stereocenters. The first-order valence-electron chi connectivity index (χ1n) is 7.62. The maximum atomic E-state index is 11.9. The van der Waals surface area contributed by atoms with Gasteiger partial charge in [-0.2, -0.15) is 0 Å². The zero-order chi connectivity index (χ0) is 15.2. The average molecular weight is 347 g/mol. The molecule has 3 N–H and O–H groups in total. The summed E-state index contributed by atoms with van der Waals surface area (Å²) in [7, 11) is 0. The molecule has 0 saturated heterocycles. The van der Waals surface area contributed by atoms with Crippen LogP contribution in [0.2, 0.25) is 5.02 Å². The van der Waals surface area contributed by atoms with E-state index in [1.165, 1.54) is 12.8 Å². The molecule has 6 heteroatoms. The number of rotatable bonds is 6. The second-order valence-electron chi connectivity index (χ2n) is 5.55. The smallest absolute Gasteiger partial charge is 0.241 e. The Morgan fingerprint density at radius 3 is 2.73 bits per heavy atom. The van der Waals surface area contributed by atoms with Gasteiger partial charge in [0.25, 0.3) is 0 Å². The van der Waals surface area contributed by atoms with E-state index in [9.17, 15) is 4.79 Å². The van der Waals surface area contributed by atoms with E-state index >= 15 is 0 Å². The molecule has 0 aliphatic heterocycles. The number of carbonyl (C=O) groups excluding carboxylic acids is 1. The minimum atomic E-state index is -0.483. The number of amides is 1. The summed E-state index contributed by atoms with van der Waals surface area (Å²) in [5, 5.41) is 3.30. The van der Waals surface area contributed by atoms with Crippen LogP contribution in [0.5, 0.6) is 5.75 Å². The normalized spacial score (nSPS) is 16.0. The number of hydrogen-bond acceptors (Lipinski definition) is 3. The highest BCUT2D eigenvalue weighted by molar-refractivity contribution is 6.32. The molecule has 0 bridgehead atoms. The predicted octanol–water partition coefficient (Wildman–Crippen LogP) is 4.15. The van der Waals surface area contributed by atoms with E-state index in [0.717, 1.165) is 19.3 Å². The van der Waals surface area contributed by atoms with E-state index in [2.05, 4.69) is 5.32 Å². The number of benzene rings is 1. The number of carbonyl (C=O) groups is 1. The van der Waals surface area contributed by atoms with E-state index in [1.807, 2.05) is 13.0 Å². The summed E-state index contributed by atoms with van der Waals surface area (Å²) in [6, 6.07) is 4.83. The number of ether oxygens (including phenoxy) is 1. The van der Waals surface area contributed by atoms with Crippen molar-refractivity contribution in [1.29, 1.82) is 0 Å². The number of halogens is 2.